The lowest BCUT2D eigenvalue weighted by Gasteiger charge is -2.24. The van der Waals surface area contributed by atoms with Crippen LogP contribution in [0.25, 0.3) is 0 Å². The van der Waals surface area contributed by atoms with Crippen molar-refractivity contribution >= 4 is 12.4 Å². The SMILES string of the molecule is Cl.c1ccc(C[C@@H]2CNCCN2)cc1. The van der Waals surface area contributed by atoms with Crippen LogP contribution in [-0.2, 0) is 6.42 Å². The van der Waals surface area contributed by atoms with Crippen LogP contribution in [0.2, 0.25) is 0 Å². The summed E-state index contributed by atoms with van der Waals surface area (Å²) < 4.78 is 0. The maximum absolute atomic E-state index is 3.51. The molecular formula is C11H17ClN2. The van der Waals surface area contributed by atoms with Crippen molar-refractivity contribution in [3.63, 3.8) is 0 Å². The van der Waals surface area contributed by atoms with Crippen molar-refractivity contribution in [2.24, 2.45) is 0 Å². The van der Waals surface area contributed by atoms with Gasteiger partial charge in [0, 0.05) is 25.7 Å². The lowest BCUT2D eigenvalue weighted by atomic mass is 10.1. The highest BCUT2D eigenvalue weighted by Gasteiger charge is 2.11. The zero-order valence-electron chi connectivity index (χ0n) is 8.20. The molecule has 1 saturated heterocycles. The minimum absolute atomic E-state index is 0. The summed E-state index contributed by atoms with van der Waals surface area (Å²) in [5.74, 6) is 0. The van der Waals surface area contributed by atoms with E-state index in [0.717, 1.165) is 26.1 Å². The van der Waals surface area contributed by atoms with Crippen molar-refractivity contribution in [2.45, 2.75) is 12.5 Å². The van der Waals surface area contributed by atoms with E-state index in [1.54, 1.807) is 0 Å². The fraction of sp³-hybridized carbons (Fsp3) is 0.455. The summed E-state index contributed by atoms with van der Waals surface area (Å²) in [6.07, 6.45) is 1.13. The van der Waals surface area contributed by atoms with Crippen LogP contribution in [0.1, 0.15) is 5.56 Å². The second-order valence-electron chi connectivity index (χ2n) is 3.54. The Hall–Kier alpha value is -0.570. The number of nitrogens with one attached hydrogen (secondary N) is 2. The van der Waals surface area contributed by atoms with Crippen LogP contribution in [0, 0.1) is 0 Å². The maximum atomic E-state index is 3.51. The van der Waals surface area contributed by atoms with E-state index < -0.39 is 0 Å². The van der Waals surface area contributed by atoms with Gasteiger partial charge in [-0.2, -0.15) is 0 Å². The third kappa shape index (κ3) is 3.29. The molecule has 1 aromatic rings. The van der Waals surface area contributed by atoms with Crippen LogP contribution in [0.15, 0.2) is 30.3 Å². The molecule has 0 saturated carbocycles. The molecule has 3 heteroatoms. The Bertz CT molecular complexity index is 245. The van der Waals surface area contributed by atoms with Gasteiger partial charge in [-0.3, -0.25) is 0 Å². The Morgan fingerprint density at radius 3 is 2.57 bits per heavy atom. The predicted octanol–water partition coefficient (Wildman–Crippen LogP) is 1.21. The first-order valence-corrected chi connectivity index (χ1v) is 4.93. The molecule has 0 bridgehead atoms. The summed E-state index contributed by atoms with van der Waals surface area (Å²) in [4.78, 5) is 0. The van der Waals surface area contributed by atoms with Gasteiger partial charge in [-0.15, -0.1) is 12.4 Å². The van der Waals surface area contributed by atoms with Crippen LogP contribution in [0.4, 0.5) is 0 Å². The van der Waals surface area contributed by atoms with E-state index in [2.05, 4.69) is 41.0 Å². The Morgan fingerprint density at radius 2 is 1.93 bits per heavy atom. The van der Waals surface area contributed by atoms with E-state index in [1.807, 2.05) is 0 Å². The number of benzene rings is 1. The van der Waals surface area contributed by atoms with E-state index in [-0.39, 0.29) is 12.4 Å². The summed E-state index contributed by atoms with van der Waals surface area (Å²) in [6.45, 7) is 3.29. The Labute approximate surface area is 91.5 Å². The second-order valence-corrected chi connectivity index (χ2v) is 3.54. The number of piperazine rings is 1. The molecule has 0 spiro atoms. The van der Waals surface area contributed by atoms with Crippen LogP contribution in [0.3, 0.4) is 0 Å². The van der Waals surface area contributed by atoms with Gasteiger partial charge in [0.05, 0.1) is 0 Å². The van der Waals surface area contributed by atoms with E-state index in [9.17, 15) is 0 Å². The second kappa shape index (κ2) is 6.02. The molecule has 2 N–H and O–H groups in total. The van der Waals surface area contributed by atoms with E-state index in [0.29, 0.717) is 6.04 Å². The fourth-order valence-corrected chi connectivity index (χ4v) is 1.76. The molecule has 1 heterocycles. The third-order valence-corrected chi connectivity index (χ3v) is 2.45. The third-order valence-electron chi connectivity index (χ3n) is 2.45. The summed E-state index contributed by atoms with van der Waals surface area (Å²) in [6, 6.07) is 11.3. The van der Waals surface area contributed by atoms with Crippen LogP contribution >= 0.6 is 12.4 Å². The van der Waals surface area contributed by atoms with Crippen molar-refractivity contribution in [3.8, 4) is 0 Å². The monoisotopic (exact) mass is 212 g/mol. The zero-order chi connectivity index (χ0) is 8.93. The number of hydrogen-bond donors (Lipinski definition) is 2. The van der Waals surface area contributed by atoms with Gasteiger partial charge in [-0.25, -0.2) is 0 Å². The first-order valence-electron chi connectivity index (χ1n) is 4.93. The topological polar surface area (TPSA) is 24.1 Å². The van der Waals surface area contributed by atoms with E-state index >= 15 is 0 Å². The van der Waals surface area contributed by atoms with Gasteiger partial charge in [0.25, 0.3) is 0 Å². The normalized spacial score (nSPS) is 21.3. The number of rotatable bonds is 2. The predicted molar refractivity (Wildman–Crippen MR) is 62.1 cm³/mol. The van der Waals surface area contributed by atoms with Gasteiger partial charge >= 0.3 is 0 Å². The van der Waals surface area contributed by atoms with Crippen molar-refractivity contribution < 1.29 is 0 Å². The fourth-order valence-electron chi connectivity index (χ4n) is 1.76. The molecular weight excluding hydrogens is 196 g/mol. The van der Waals surface area contributed by atoms with Crippen LogP contribution < -0.4 is 10.6 Å². The van der Waals surface area contributed by atoms with Crippen molar-refractivity contribution in [1.82, 2.24) is 10.6 Å². The smallest absolute Gasteiger partial charge is 0.0233 e. The van der Waals surface area contributed by atoms with Crippen molar-refractivity contribution in [3.05, 3.63) is 35.9 Å². The minimum Gasteiger partial charge on any atom is -0.314 e. The number of hydrogen-bond acceptors (Lipinski definition) is 2. The minimum atomic E-state index is 0. The summed E-state index contributed by atoms with van der Waals surface area (Å²) in [5, 5.41) is 6.90. The molecule has 0 aliphatic carbocycles. The van der Waals surface area contributed by atoms with Gasteiger partial charge in [0.1, 0.15) is 0 Å². The molecule has 2 rings (SSSR count). The molecule has 14 heavy (non-hydrogen) atoms. The highest BCUT2D eigenvalue weighted by Crippen LogP contribution is 2.03. The van der Waals surface area contributed by atoms with Gasteiger partial charge in [-0.05, 0) is 12.0 Å². The molecule has 1 aliphatic rings. The van der Waals surface area contributed by atoms with Crippen molar-refractivity contribution in [2.75, 3.05) is 19.6 Å². The zero-order valence-corrected chi connectivity index (χ0v) is 9.02. The van der Waals surface area contributed by atoms with Gasteiger partial charge in [-0.1, -0.05) is 30.3 Å². The Kier molecular flexibility index (Phi) is 4.94. The summed E-state index contributed by atoms with van der Waals surface area (Å²) in [7, 11) is 0. The lowest BCUT2D eigenvalue weighted by Crippen LogP contribution is -2.49. The van der Waals surface area contributed by atoms with Gasteiger partial charge in [0.2, 0.25) is 0 Å². The van der Waals surface area contributed by atoms with E-state index in [1.165, 1.54) is 5.56 Å². The summed E-state index contributed by atoms with van der Waals surface area (Å²) >= 11 is 0. The highest BCUT2D eigenvalue weighted by molar-refractivity contribution is 5.85. The van der Waals surface area contributed by atoms with Crippen molar-refractivity contribution in [1.29, 1.82) is 0 Å². The first kappa shape index (κ1) is 11.5. The highest BCUT2D eigenvalue weighted by atomic mass is 35.5. The van der Waals surface area contributed by atoms with Crippen LogP contribution in [0.5, 0.6) is 0 Å². The maximum Gasteiger partial charge on any atom is 0.0233 e. The quantitative estimate of drug-likeness (QED) is 0.771. The first-order chi connectivity index (χ1) is 6.45. The largest absolute Gasteiger partial charge is 0.314 e. The van der Waals surface area contributed by atoms with E-state index in [4.69, 9.17) is 0 Å². The summed E-state index contributed by atoms with van der Waals surface area (Å²) in [5.41, 5.74) is 1.42. The van der Waals surface area contributed by atoms with Gasteiger partial charge < -0.3 is 10.6 Å². The molecule has 1 aliphatic heterocycles. The average Bonchev–Trinajstić information content (AvgIpc) is 2.21. The molecule has 1 atom stereocenters. The standard InChI is InChI=1S/C11H16N2.ClH/c1-2-4-10(5-3-1)8-11-9-12-6-7-13-11;/h1-5,11-13H,6-9H2;1H/t11-;/m1./s1. The number of halogens is 1. The molecule has 0 radical (unpaired) electrons. The molecule has 78 valence electrons. The lowest BCUT2D eigenvalue weighted by molar-refractivity contribution is 0.416. The van der Waals surface area contributed by atoms with Gasteiger partial charge in [0.15, 0.2) is 0 Å². The molecule has 1 aromatic carbocycles. The molecule has 2 nitrogen and oxygen atoms in total. The van der Waals surface area contributed by atoms with Crippen LogP contribution in [-0.4, -0.2) is 25.7 Å². The Balaban J connectivity index is 0.000000980. The average molecular weight is 213 g/mol. The molecule has 0 aromatic heterocycles. The Morgan fingerprint density at radius 1 is 1.14 bits per heavy atom. The molecule has 1 fully saturated rings. The molecule has 0 unspecified atom stereocenters. The molecule has 0 amide bonds.